The van der Waals surface area contributed by atoms with Crippen LogP contribution < -0.4 is 21.3 Å². The molecular weight excluding hydrogens is 715 g/mol. The van der Waals surface area contributed by atoms with Crippen molar-refractivity contribution in [2.75, 3.05) is 4.90 Å². The van der Waals surface area contributed by atoms with Gasteiger partial charge in [0.15, 0.2) is 0 Å². The van der Waals surface area contributed by atoms with Gasteiger partial charge in [0.05, 0.1) is 27.6 Å². The van der Waals surface area contributed by atoms with Crippen LogP contribution in [0.5, 0.6) is 0 Å². The van der Waals surface area contributed by atoms with Gasteiger partial charge >= 0.3 is 0 Å². The minimum absolute atomic E-state index is 0.0644. The Hall–Kier alpha value is -7.76. The molecular formula is C54H33BN4. The van der Waals surface area contributed by atoms with Gasteiger partial charge in [-0.3, -0.25) is 0 Å². The first-order valence-electron chi connectivity index (χ1n) is 20.5. The number of rotatable bonds is 3. The maximum absolute atomic E-state index is 2.66. The van der Waals surface area contributed by atoms with Crippen molar-refractivity contribution in [1.82, 2.24) is 13.7 Å². The summed E-state index contributed by atoms with van der Waals surface area (Å²) in [5, 5.41) is 7.60. The Morgan fingerprint density at radius 3 is 1.37 bits per heavy atom. The summed E-state index contributed by atoms with van der Waals surface area (Å²) in [6, 6.07) is 73.9. The number of hydrogen-bond acceptors (Lipinski definition) is 1. The van der Waals surface area contributed by atoms with E-state index in [1.165, 1.54) is 98.9 Å². The number of nitrogens with zero attached hydrogens (tertiary/aromatic N) is 4. The molecule has 0 bridgehead atoms. The van der Waals surface area contributed by atoms with E-state index in [1.807, 2.05) is 0 Å². The summed E-state index contributed by atoms with van der Waals surface area (Å²) in [7, 11) is 0. The van der Waals surface area contributed by atoms with Crippen molar-refractivity contribution < 1.29 is 0 Å². The molecule has 0 radical (unpaired) electrons. The summed E-state index contributed by atoms with van der Waals surface area (Å²) >= 11 is 0. The predicted molar refractivity (Wildman–Crippen MR) is 249 cm³/mol. The molecule has 0 amide bonds. The van der Waals surface area contributed by atoms with Gasteiger partial charge in [0.25, 0.3) is 6.71 Å². The summed E-state index contributed by atoms with van der Waals surface area (Å²) in [6.45, 7) is 0.0644. The van der Waals surface area contributed by atoms with Crippen LogP contribution in [0.4, 0.5) is 17.1 Å². The van der Waals surface area contributed by atoms with E-state index < -0.39 is 0 Å². The summed E-state index contributed by atoms with van der Waals surface area (Å²) in [4.78, 5) is 2.48. The van der Waals surface area contributed by atoms with Crippen LogP contribution in [0.2, 0.25) is 0 Å². The molecule has 272 valence electrons. The fourth-order valence-corrected chi connectivity index (χ4v) is 11.1. The zero-order valence-corrected chi connectivity index (χ0v) is 31.9. The van der Waals surface area contributed by atoms with Crippen molar-refractivity contribution in [3.05, 3.63) is 200 Å². The largest absolute Gasteiger partial charge is 0.311 e. The number of hydrogen-bond donors (Lipinski definition) is 0. The third kappa shape index (κ3) is 3.90. The third-order valence-corrected chi connectivity index (χ3v) is 13.2. The highest BCUT2D eigenvalue weighted by Gasteiger charge is 2.42. The van der Waals surface area contributed by atoms with Crippen molar-refractivity contribution in [2.24, 2.45) is 0 Å². The molecule has 4 nitrogen and oxygen atoms in total. The van der Waals surface area contributed by atoms with Crippen LogP contribution in [0, 0.1) is 0 Å². The molecule has 0 unspecified atom stereocenters. The lowest BCUT2D eigenvalue weighted by molar-refractivity contribution is 1.17. The average molecular weight is 749 g/mol. The monoisotopic (exact) mass is 748 g/mol. The van der Waals surface area contributed by atoms with Gasteiger partial charge in [-0.25, -0.2) is 0 Å². The highest BCUT2D eigenvalue weighted by atomic mass is 15.2. The van der Waals surface area contributed by atoms with E-state index in [4.69, 9.17) is 0 Å². The fraction of sp³-hybridized carbons (Fsp3) is 0. The molecule has 0 saturated heterocycles. The highest BCUT2D eigenvalue weighted by molar-refractivity contribution is 7.00. The summed E-state index contributed by atoms with van der Waals surface area (Å²) < 4.78 is 7.72. The molecule has 0 spiro atoms. The van der Waals surface area contributed by atoms with Gasteiger partial charge in [0.2, 0.25) is 0 Å². The Labute approximate surface area is 340 Å². The molecule has 3 aromatic heterocycles. The molecule has 5 heteroatoms. The zero-order chi connectivity index (χ0) is 38.3. The second-order valence-electron chi connectivity index (χ2n) is 16.0. The molecule has 12 aromatic rings. The standard InChI is InChI=1S/C54H33BN4/c1-4-18-34(19-5-1)56-44-31-15-12-27-40(44)55-41-28-16-26-39-49-53-47(37-24-10-13-29-42(37)58(53)36-22-8-3-9-23-36)52-48(54(49)59(51(39)41)46-33-17-32-45(56)50(46)55)38-25-11-14-30-43(38)57(52)35-20-6-2-7-21-35/h1-33H. The van der Waals surface area contributed by atoms with Crippen LogP contribution in [-0.4, -0.2) is 20.4 Å². The van der Waals surface area contributed by atoms with Crippen molar-refractivity contribution in [2.45, 2.75) is 0 Å². The van der Waals surface area contributed by atoms with Gasteiger partial charge in [-0.05, 0) is 83.1 Å². The lowest BCUT2D eigenvalue weighted by Gasteiger charge is -2.40. The van der Waals surface area contributed by atoms with Crippen LogP contribution in [0.25, 0.3) is 82.5 Å². The smallest absolute Gasteiger partial charge is 0.252 e. The number of fused-ring (bicyclic) bond motifs is 16. The first kappa shape index (κ1) is 31.3. The van der Waals surface area contributed by atoms with Gasteiger partial charge in [-0.15, -0.1) is 0 Å². The first-order chi connectivity index (χ1) is 29.4. The quantitative estimate of drug-likeness (QED) is 0.165. The second kappa shape index (κ2) is 11.4. The van der Waals surface area contributed by atoms with E-state index in [0.717, 1.165) is 17.1 Å². The molecule has 0 aliphatic carbocycles. The minimum atomic E-state index is 0.0644. The minimum Gasteiger partial charge on any atom is -0.311 e. The molecule has 14 rings (SSSR count). The SMILES string of the molecule is c1ccc(N2c3ccccc3B3c4c2cccc4-n2c4c3cccc4c3c4c(c5ccccc5n4-c4ccccc4)c4c(c5ccccc5n4-c4ccccc4)c32)cc1. The molecule has 59 heavy (non-hydrogen) atoms. The fourth-order valence-electron chi connectivity index (χ4n) is 11.1. The number of para-hydroxylation sites is 7. The van der Waals surface area contributed by atoms with Crippen molar-refractivity contribution in [3.8, 4) is 17.1 Å². The topological polar surface area (TPSA) is 18.0 Å². The number of benzene rings is 9. The van der Waals surface area contributed by atoms with Crippen LogP contribution in [0.3, 0.4) is 0 Å². The summed E-state index contributed by atoms with van der Waals surface area (Å²) in [6.07, 6.45) is 0. The van der Waals surface area contributed by atoms with Crippen molar-refractivity contribution >= 4 is 106 Å². The zero-order valence-electron chi connectivity index (χ0n) is 31.9. The van der Waals surface area contributed by atoms with Crippen LogP contribution in [-0.2, 0) is 0 Å². The van der Waals surface area contributed by atoms with Crippen molar-refractivity contribution in [1.29, 1.82) is 0 Å². The second-order valence-corrected chi connectivity index (χ2v) is 16.0. The molecule has 0 saturated carbocycles. The van der Waals surface area contributed by atoms with Gasteiger partial charge in [-0.1, -0.05) is 133 Å². The molecule has 0 fully saturated rings. The number of aromatic nitrogens is 3. The van der Waals surface area contributed by atoms with E-state index in [1.54, 1.807) is 0 Å². The van der Waals surface area contributed by atoms with Crippen LogP contribution >= 0.6 is 0 Å². The summed E-state index contributed by atoms with van der Waals surface area (Å²) in [5.74, 6) is 0. The lowest BCUT2D eigenvalue weighted by atomic mass is 9.34. The Morgan fingerprint density at radius 1 is 0.288 bits per heavy atom. The normalized spacial score (nSPS) is 13.0. The predicted octanol–water partition coefficient (Wildman–Crippen LogP) is 11.6. The summed E-state index contributed by atoms with van der Waals surface area (Å²) in [5.41, 5.74) is 18.6. The molecule has 2 aliphatic rings. The van der Waals surface area contributed by atoms with Crippen LogP contribution in [0.15, 0.2) is 200 Å². The Balaban J connectivity index is 1.29. The van der Waals surface area contributed by atoms with Gasteiger partial charge in [-0.2, -0.15) is 0 Å². The maximum atomic E-state index is 2.66. The van der Waals surface area contributed by atoms with Gasteiger partial charge < -0.3 is 18.6 Å². The Kier molecular flexibility index (Phi) is 6.07. The number of anilines is 3. The first-order valence-corrected chi connectivity index (χ1v) is 20.5. The molecule has 0 atom stereocenters. The van der Waals surface area contributed by atoms with E-state index in [9.17, 15) is 0 Å². The molecule has 0 N–H and O–H groups in total. The molecule has 2 aliphatic heterocycles. The van der Waals surface area contributed by atoms with Gasteiger partial charge in [0, 0.05) is 72.0 Å². The Morgan fingerprint density at radius 2 is 0.729 bits per heavy atom. The molecule has 9 aromatic carbocycles. The van der Waals surface area contributed by atoms with E-state index in [2.05, 4.69) is 219 Å². The Bertz CT molecular complexity index is 3730. The highest BCUT2D eigenvalue weighted by Crippen LogP contribution is 2.51. The lowest BCUT2D eigenvalue weighted by Crippen LogP contribution is -2.60. The van der Waals surface area contributed by atoms with Crippen molar-refractivity contribution in [3.63, 3.8) is 0 Å². The van der Waals surface area contributed by atoms with Crippen LogP contribution in [0.1, 0.15) is 0 Å². The molecule has 5 heterocycles. The van der Waals surface area contributed by atoms with E-state index in [0.29, 0.717) is 0 Å². The third-order valence-electron chi connectivity index (χ3n) is 13.2. The van der Waals surface area contributed by atoms with E-state index >= 15 is 0 Å². The average Bonchev–Trinajstić information content (AvgIpc) is 3.95. The van der Waals surface area contributed by atoms with E-state index in [-0.39, 0.29) is 6.71 Å². The van der Waals surface area contributed by atoms with Gasteiger partial charge in [0.1, 0.15) is 0 Å². The maximum Gasteiger partial charge on any atom is 0.252 e.